The molecule has 0 aliphatic heterocycles. The van der Waals surface area contributed by atoms with Crippen molar-refractivity contribution in [3.05, 3.63) is 54.2 Å². The Balaban J connectivity index is 1.80. The zero-order valence-corrected chi connectivity index (χ0v) is 35.1. The monoisotopic (exact) mass is 837 g/mol. The zero-order valence-electron chi connectivity index (χ0n) is 35.1. The van der Waals surface area contributed by atoms with Crippen LogP contribution in [0.4, 0.5) is 0 Å². The lowest BCUT2D eigenvalue weighted by molar-refractivity contribution is -0.142. The number of carbonyl (C=O) groups excluding carboxylic acids is 6. The molecule has 328 valence electrons. The number of aromatic amines is 2. The highest BCUT2D eigenvalue weighted by molar-refractivity contribution is 5.98. The Bertz CT molecular complexity index is 1930. The van der Waals surface area contributed by atoms with Gasteiger partial charge in [-0.1, -0.05) is 72.6 Å². The average molecular weight is 838 g/mol. The zero-order chi connectivity index (χ0) is 44.7. The van der Waals surface area contributed by atoms with E-state index < -0.39 is 102 Å². The van der Waals surface area contributed by atoms with E-state index in [4.69, 9.17) is 0 Å². The highest BCUT2D eigenvalue weighted by Gasteiger charge is 2.37. The lowest BCUT2D eigenvalue weighted by Crippen LogP contribution is -2.61. The van der Waals surface area contributed by atoms with Crippen LogP contribution in [0.25, 0.3) is 10.9 Å². The molecule has 0 saturated heterocycles. The Kier molecular flexibility index (Phi) is 18.3. The number of nitrogens with zero attached hydrogens (tertiary/aromatic N) is 1. The van der Waals surface area contributed by atoms with Gasteiger partial charge in [0.2, 0.25) is 35.4 Å². The molecule has 60 heavy (non-hydrogen) atoms. The number of aromatic nitrogens is 3. The number of hydrogen-bond donors (Lipinski definition) is 10. The van der Waals surface area contributed by atoms with Crippen LogP contribution in [0.2, 0.25) is 0 Å². The van der Waals surface area contributed by atoms with Crippen LogP contribution < -0.4 is 31.9 Å². The largest absolute Gasteiger partial charge is 0.481 e. The predicted molar refractivity (Wildman–Crippen MR) is 220 cm³/mol. The van der Waals surface area contributed by atoms with Gasteiger partial charge in [-0.15, -0.1) is 0 Å². The van der Waals surface area contributed by atoms with Gasteiger partial charge in [-0.3, -0.25) is 33.6 Å². The number of para-hydroxylation sites is 1. The molecule has 19 nitrogen and oxygen atoms in total. The standard InChI is InChI=1S/C41H59N9O10/c1-8-22(5)34(39(57)48-32(41(59)60)16-26-15-25-12-10-11-13-28(25)45-26)50-40(58)35(23(6)9-2)49-38(56)31(18-33(52)53)47-36(54)29(14-21(3)4)46-37(55)30(44-24(7)51)17-27-19-42-20-43-27/h10-13,15,19-23,29-32,34-35,45H,8-9,14,16-18H2,1-7H3,(H,42,43)(H,44,51)(H,46,55)(H,47,54)(H,48,57)(H,49,56)(H,50,58)(H,52,53)(H,59,60)/t22-,23-,29+,30+,31+,32+,34+,35+/m1/s1. The summed E-state index contributed by atoms with van der Waals surface area (Å²) in [4.78, 5) is 115. The maximum atomic E-state index is 14.0. The van der Waals surface area contributed by atoms with Crippen LogP contribution in [0, 0.1) is 17.8 Å². The Morgan fingerprint density at radius 3 is 1.73 bits per heavy atom. The van der Waals surface area contributed by atoms with Gasteiger partial charge in [0.15, 0.2) is 0 Å². The van der Waals surface area contributed by atoms with Crippen LogP contribution in [0.1, 0.15) is 85.5 Å². The molecule has 0 radical (unpaired) electrons. The summed E-state index contributed by atoms with van der Waals surface area (Å²) >= 11 is 0. The third-order valence-electron chi connectivity index (χ3n) is 10.2. The predicted octanol–water partition coefficient (Wildman–Crippen LogP) is 1.30. The second kappa shape index (κ2) is 22.8. The molecule has 2 aromatic heterocycles. The van der Waals surface area contributed by atoms with E-state index in [1.165, 1.54) is 19.4 Å². The number of carboxylic acids is 2. The Hall–Kier alpha value is -6.27. The number of amides is 6. The van der Waals surface area contributed by atoms with Crippen LogP contribution >= 0.6 is 0 Å². The fraction of sp³-hybridized carbons (Fsp3) is 0.537. The lowest BCUT2D eigenvalue weighted by Gasteiger charge is -2.30. The average Bonchev–Trinajstić information content (AvgIpc) is 3.86. The molecular formula is C41H59N9O10. The minimum Gasteiger partial charge on any atom is -0.481 e. The number of nitrogens with one attached hydrogen (secondary N) is 8. The second-order valence-corrected chi connectivity index (χ2v) is 15.6. The van der Waals surface area contributed by atoms with E-state index in [9.17, 15) is 48.6 Å². The van der Waals surface area contributed by atoms with Crippen molar-refractivity contribution >= 4 is 58.3 Å². The molecule has 0 aliphatic rings. The molecule has 0 unspecified atom stereocenters. The number of carbonyl (C=O) groups is 8. The molecule has 8 atom stereocenters. The third-order valence-corrected chi connectivity index (χ3v) is 10.2. The van der Waals surface area contributed by atoms with Crippen molar-refractivity contribution in [2.24, 2.45) is 17.8 Å². The first-order valence-electron chi connectivity index (χ1n) is 20.1. The Morgan fingerprint density at radius 1 is 0.667 bits per heavy atom. The molecule has 19 heteroatoms. The number of benzene rings is 1. The summed E-state index contributed by atoms with van der Waals surface area (Å²) in [6, 6.07) is 1.22. The van der Waals surface area contributed by atoms with Gasteiger partial charge in [0.25, 0.3) is 0 Å². The molecule has 0 saturated carbocycles. The Morgan fingerprint density at radius 2 is 1.20 bits per heavy atom. The molecule has 0 aliphatic carbocycles. The molecule has 10 N–H and O–H groups in total. The van der Waals surface area contributed by atoms with Gasteiger partial charge in [-0.25, -0.2) is 9.78 Å². The molecule has 0 spiro atoms. The van der Waals surface area contributed by atoms with E-state index in [0.29, 0.717) is 24.2 Å². The first-order valence-corrected chi connectivity index (χ1v) is 20.1. The summed E-state index contributed by atoms with van der Waals surface area (Å²) in [5.74, 6) is -8.56. The molecule has 3 aromatic rings. The van der Waals surface area contributed by atoms with Crippen molar-refractivity contribution < 1.29 is 48.6 Å². The lowest BCUT2D eigenvalue weighted by atomic mass is 9.94. The molecule has 0 fully saturated rings. The minimum absolute atomic E-state index is 0.0231. The SMILES string of the molecule is CC[C@@H](C)[C@H](NC(=O)[C@H](CC(=O)O)NC(=O)[C@H](CC(C)C)NC(=O)[C@H](Cc1cnc[nH]1)NC(C)=O)C(=O)N[C@H](C(=O)N[C@@H](Cc1cc2ccccc2[nH]1)C(=O)O)[C@H](C)CC. The number of hydrogen-bond acceptors (Lipinski definition) is 9. The molecule has 3 rings (SSSR count). The normalized spacial score (nSPS) is 15.3. The highest BCUT2D eigenvalue weighted by atomic mass is 16.4. The molecule has 1 aromatic carbocycles. The van der Waals surface area contributed by atoms with Crippen LogP contribution in [0.3, 0.4) is 0 Å². The van der Waals surface area contributed by atoms with Gasteiger partial charge in [-0.2, -0.15) is 0 Å². The van der Waals surface area contributed by atoms with Crippen molar-refractivity contribution in [2.75, 3.05) is 0 Å². The number of rotatable bonds is 24. The van der Waals surface area contributed by atoms with Gasteiger partial charge in [0, 0.05) is 42.9 Å². The van der Waals surface area contributed by atoms with Gasteiger partial charge >= 0.3 is 11.9 Å². The van der Waals surface area contributed by atoms with Crippen molar-refractivity contribution in [2.45, 2.75) is 123 Å². The Labute approximate surface area is 348 Å². The first kappa shape index (κ1) is 48.1. The van der Waals surface area contributed by atoms with E-state index in [-0.39, 0.29) is 25.2 Å². The van der Waals surface area contributed by atoms with Gasteiger partial charge in [0.1, 0.15) is 36.3 Å². The summed E-state index contributed by atoms with van der Waals surface area (Å²) in [5.41, 5.74) is 1.91. The quantitative estimate of drug-likeness (QED) is 0.0614. The van der Waals surface area contributed by atoms with Crippen LogP contribution in [-0.2, 0) is 51.2 Å². The fourth-order valence-corrected chi connectivity index (χ4v) is 6.53. The molecule has 0 bridgehead atoms. The van der Waals surface area contributed by atoms with E-state index >= 15 is 0 Å². The number of imidazole rings is 1. The summed E-state index contributed by atoms with van der Waals surface area (Å²) in [6.07, 6.45) is 2.80. The maximum Gasteiger partial charge on any atom is 0.326 e. The van der Waals surface area contributed by atoms with E-state index in [1.54, 1.807) is 47.6 Å². The summed E-state index contributed by atoms with van der Waals surface area (Å²) in [7, 11) is 0. The van der Waals surface area contributed by atoms with E-state index in [1.807, 2.05) is 24.3 Å². The van der Waals surface area contributed by atoms with E-state index in [2.05, 4.69) is 46.9 Å². The number of aliphatic carboxylic acids is 2. The van der Waals surface area contributed by atoms with Crippen molar-refractivity contribution in [1.82, 2.24) is 46.9 Å². The third kappa shape index (κ3) is 14.5. The van der Waals surface area contributed by atoms with Crippen molar-refractivity contribution in [3.8, 4) is 0 Å². The summed E-state index contributed by atoms with van der Waals surface area (Å²) in [6.45, 7) is 11.7. The molecule has 2 heterocycles. The van der Waals surface area contributed by atoms with Crippen LogP contribution in [0.5, 0.6) is 0 Å². The summed E-state index contributed by atoms with van der Waals surface area (Å²) in [5, 5.41) is 36.0. The number of fused-ring (bicyclic) bond motifs is 1. The first-order chi connectivity index (χ1) is 28.3. The van der Waals surface area contributed by atoms with Gasteiger partial charge < -0.3 is 52.1 Å². The smallest absolute Gasteiger partial charge is 0.326 e. The van der Waals surface area contributed by atoms with Crippen molar-refractivity contribution in [3.63, 3.8) is 0 Å². The second-order valence-electron chi connectivity index (χ2n) is 15.6. The number of carboxylic acid groups (broad SMARTS) is 2. The topological polar surface area (TPSA) is 294 Å². The number of H-pyrrole nitrogens is 2. The maximum absolute atomic E-state index is 14.0. The minimum atomic E-state index is -1.70. The molecular weight excluding hydrogens is 779 g/mol. The fourth-order valence-electron chi connectivity index (χ4n) is 6.53. The van der Waals surface area contributed by atoms with E-state index in [0.717, 1.165) is 10.9 Å². The van der Waals surface area contributed by atoms with Crippen LogP contribution in [-0.4, -0.2) is 109 Å². The van der Waals surface area contributed by atoms with Gasteiger partial charge in [-0.05, 0) is 41.7 Å². The van der Waals surface area contributed by atoms with Gasteiger partial charge in [0.05, 0.1) is 12.7 Å². The highest BCUT2D eigenvalue weighted by Crippen LogP contribution is 2.17. The van der Waals surface area contributed by atoms with Crippen molar-refractivity contribution in [1.29, 1.82) is 0 Å². The molecule has 6 amide bonds. The summed E-state index contributed by atoms with van der Waals surface area (Å²) < 4.78 is 0. The van der Waals surface area contributed by atoms with Crippen LogP contribution in [0.15, 0.2) is 42.9 Å².